The average molecular weight is 385 g/mol. The molecule has 1 heterocycles. The lowest BCUT2D eigenvalue weighted by Gasteiger charge is -2.16. The standard InChI is InChI=1S/C21H27N3O4/c1-4-6-12-21(23-24-21)13-11-19(25)22-15-17(20(26)27-3)14-16-7-9-18(10-8-16)28-5-2/h1,7-10,17H,5-6,11-15H2,2-3H3,(H,22,25). The summed E-state index contributed by atoms with van der Waals surface area (Å²) < 4.78 is 10.3. The first-order valence-electron chi connectivity index (χ1n) is 9.45. The third-order valence-corrected chi connectivity index (χ3v) is 4.60. The Balaban J connectivity index is 1.82. The predicted octanol–water partition coefficient (Wildman–Crippen LogP) is 2.89. The van der Waals surface area contributed by atoms with E-state index >= 15 is 0 Å². The molecule has 0 radical (unpaired) electrons. The van der Waals surface area contributed by atoms with Gasteiger partial charge in [-0.25, -0.2) is 0 Å². The SMILES string of the molecule is C#CCCC1(CCC(=O)NCC(Cc2ccc(OCC)cc2)C(=O)OC)N=N1. The molecule has 0 fully saturated rings. The van der Waals surface area contributed by atoms with Gasteiger partial charge in [-0.1, -0.05) is 12.1 Å². The predicted molar refractivity (Wildman–Crippen MR) is 105 cm³/mol. The van der Waals surface area contributed by atoms with Crippen LogP contribution in [-0.4, -0.2) is 37.8 Å². The second kappa shape index (κ2) is 10.5. The molecule has 1 unspecified atom stereocenters. The molecule has 1 atom stereocenters. The van der Waals surface area contributed by atoms with E-state index in [2.05, 4.69) is 21.5 Å². The van der Waals surface area contributed by atoms with Crippen LogP contribution in [0.1, 0.15) is 38.2 Å². The van der Waals surface area contributed by atoms with Crippen molar-refractivity contribution in [3.05, 3.63) is 29.8 Å². The second-order valence-corrected chi connectivity index (χ2v) is 6.69. The number of ether oxygens (including phenoxy) is 2. The molecule has 7 nitrogen and oxygen atoms in total. The summed E-state index contributed by atoms with van der Waals surface area (Å²) in [6.07, 6.45) is 7.80. The maximum Gasteiger partial charge on any atom is 0.310 e. The van der Waals surface area contributed by atoms with Gasteiger partial charge in [0.05, 0.1) is 19.6 Å². The molecule has 28 heavy (non-hydrogen) atoms. The maximum atomic E-state index is 12.2. The lowest BCUT2D eigenvalue weighted by molar-refractivity contribution is -0.145. The molecule has 1 amide bonds. The number of nitrogens with one attached hydrogen (secondary N) is 1. The topological polar surface area (TPSA) is 89.3 Å². The van der Waals surface area contributed by atoms with E-state index in [1.165, 1.54) is 7.11 Å². The Morgan fingerprint density at radius 1 is 1.25 bits per heavy atom. The van der Waals surface area contributed by atoms with Gasteiger partial charge in [0.15, 0.2) is 5.66 Å². The fraction of sp³-hybridized carbons (Fsp3) is 0.524. The van der Waals surface area contributed by atoms with E-state index in [1.54, 1.807) is 0 Å². The Labute approximate surface area is 165 Å². The van der Waals surface area contributed by atoms with E-state index < -0.39 is 11.6 Å². The van der Waals surface area contributed by atoms with Crippen molar-refractivity contribution in [2.45, 2.75) is 44.7 Å². The lowest BCUT2D eigenvalue weighted by Crippen LogP contribution is -2.35. The van der Waals surface area contributed by atoms with E-state index in [0.717, 1.165) is 11.3 Å². The van der Waals surface area contributed by atoms with Crippen molar-refractivity contribution >= 4 is 11.9 Å². The number of terminal acetylenes is 1. The number of carbonyl (C=O) groups is 2. The Morgan fingerprint density at radius 2 is 1.96 bits per heavy atom. The van der Waals surface area contributed by atoms with Crippen LogP contribution in [0.5, 0.6) is 5.75 Å². The van der Waals surface area contributed by atoms with E-state index in [1.807, 2.05) is 31.2 Å². The van der Waals surface area contributed by atoms with Gasteiger partial charge in [-0.2, -0.15) is 10.2 Å². The van der Waals surface area contributed by atoms with Gasteiger partial charge in [0.1, 0.15) is 5.75 Å². The van der Waals surface area contributed by atoms with Crippen LogP contribution in [-0.2, 0) is 20.7 Å². The first-order chi connectivity index (χ1) is 13.5. The number of nitrogens with zero attached hydrogens (tertiary/aromatic N) is 2. The number of rotatable bonds is 12. The van der Waals surface area contributed by atoms with Crippen molar-refractivity contribution in [2.75, 3.05) is 20.3 Å². The average Bonchev–Trinajstić information content (AvgIpc) is 3.49. The van der Waals surface area contributed by atoms with Crippen molar-refractivity contribution < 1.29 is 19.1 Å². The Morgan fingerprint density at radius 3 is 2.54 bits per heavy atom. The molecule has 150 valence electrons. The van der Waals surface area contributed by atoms with Crippen molar-refractivity contribution in [1.29, 1.82) is 0 Å². The van der Waals surface area contributed by atoms with Crippen molar-refractivity contribution in [1.82, 2.24) is 5.32 Å². The van der Waals surface area contributed by atoms with Gasteiger partial charge in [0.2, 0.25) is 5.91 Å². The molecule has 1 aliphatic rings. The Hall–Kier alpha value is -2.88. The molecule has 0 aromatic heterocycles. The molecule has 1 N–H and O–H groups in total. The van der Waals surface area contributed by atoms with Crippen LogP contribution in [0.4, 0.5) is 0 Å². The van der Waals surface area contributed by atoms with Crippen LogP contribution < -0.4 is 10.1 Å². The first-order valence-corrected chi connectivity index (χ1v) is 9.45. The first kappa shape index (κ1) is 21.4. The summed E-state index contributed by atoms with van der Waals surface area (Å²) >= 11 is 0. The van der Waals surface area contributed by atoms with Gasteiger partial charge in [0, 0.05) is 32.2 Å². The molecular formula is C21H27N3O4. The molecule has 1 aliphatic heterocycles. The smallest absolute Gasteiger partial charge is 0.310 e. The van der Waals surface area contributed by atoms with Crippen molar-refractivity contribution in [3.8, 4) is 18.1 Å². The highest BCUT2D eigenvalue weighted by molar-refractivity contribution is 5.78. The van der Waals surface area contributed by atoms with Gasteiger partial charge < -0.3 is 14.8 Å². The number of esters is 1. The molecule has 2 rings (SSSR count). The molecule has 0 aliphatic carbocycles. The zero-order valence-electron chi connectivity index (χ0n) is 16.4. The van der Waals surface area contributed by atoms with E-state index in [0.29, 0.717) is 32.3 Å². The summed E-state index contributed by atoms with van der Waals surface area (Å²) in [5.74, 6) is 2.39. The zero-order valence-corrected chi connectivity index (χ0v) is 16.4. The van der Waals surface area contributed by atoms with Gasteiger partial charge in [-0.05, 0) is 31.0 Å². The molecule has 0 saturated heterocycles. The molecule has 0 spiro atoms. The highest BCUT2D eigenvalue weighted by Crippen LogP contribution is 2.37. The summed E-state index contributed by atoms with van der Waals surface area (Å²) in [6, 6.07) is 7.55. The fourth-order valence-electron chi connectivity index (χ4n) is 2.89. The number of benzene rings is 1. The Bertz CT molecular complexity index is 731. The second-order valence-electron chi connectivity index (χ2n) is 6.69. The summed E-state index contributed by atoms with van der Waals surface area (Å²) in [7, 11) is 1.35. The molecular weight excluding hydrogens is 358 g/mol. The van der Waals surface area contributed by atoms with Gasteiger partial charge >= 0.3 is 5.97 Å². The van der Waals surface area contributed by atoms with Gasteiger partial charge in [-0.15, -0.1) is 12.3 Å². The van der Waals surface area contributed by atoms with Crippen LogP contribution in [0.25, 0.3) is 0 Å². The normalized spacial score (nSPS) is 14.6. The number of hydrogen-bond donors (Lipinski definition) is 1. The summed E-state index contributed by atoms with van der Waals surface area (Å²) in [5.41, 5.74) is 0.491. The monoisotopic (exact) mass is 385 g/mol. The van der Waals surface area contributed by atoms with Crippen molar-refractivity contribution in [3.63, 3.8) is 0 Å². The van der Waals surface area contributed by atoms with E-state index in [-0.39, 0.29) is 24.8 Å². The highest BCUT2D eigenvalue weighted by atomic mass is 16.5. The van der Waals surface area contributed by atoms with Crippen LogP contribution in [0.3, 0.4) is 0 Å². The van der Waals surface area contributed by atoms with E-state index in [9.17, 15) is 9.59 Å². The number of hydrogen-bond acceptors (Lipinski definition) is 6. The summed E-state index contributed by atoms with van der Waals surface area (Å²) in [4.78, 5) is 24.3. The molecule has 1 aromatic carbocycles. The summed E-state index contributed by atoms with van der Waals surface area (Å²) in [5, 5.41) is 10.9. The largest absolute Gasteiger partial charge is 0.494 e. The molecule has 7 heteroatoms. The number of methoxy groups -OCH3 is 1. The molecule has 0 bridgehead atoms. The minimum Gasteiger partial charge on any atom is -0.494 e. The van der Waals surface area contributed by atoms with Crippen molar-refractivity contribution in [2.24, 2.45) is 16.1 Å². The van der Waals surface area contributed by atoms with Gasteiger partial charge in [0.25, 0.3) is 0 Å². The third kappa shape index (κ3) is 6.69. The minimum absolute atomic E-state index is 0.141. The quantitative estimate of drug-likeness (QED) is 0.442. The summed E-state index contributed by atoms with van der Waals surface area (Å²) in [6.45, 7) is 2.73. The number of carbonyl (C=O) groups excluding carboxylic acids is 2. The Kier molecular flexibility index (Phi) is 8.00. The molecule has 1 aromatic rings. The van der Waals surface area contributed by atoms with Crippen LogP contribution in [0.15, 0.2) is 34.5 Å². The minimum atomic E-state index is -0.478. The van der Waals surface area contributed by atoms with Crippen LogP contribution >= 0.6 is 0 Å². The van der Waals surface area contributed by atoms with Crippen LogP contribution in [0.2, 0.25) is 0 Å². The third-order valence-electron chi connectivity index (χ3n) is 4.60. The maximum absolute atomic E-state index is 12.2. The van der Waals surface area contributed by atoms with E-state index in [4.69, 9.17) is 15.9 Å². The number of amides is 1. The van der Waals surface area contributed by atoms with Crippen LogP contribution in [0, 0.1) is 18.3 Å². The molecule has 0 saturated carbocycles. The highest BCUT2D eigenvalue weighted by Gasteiger charge is 2.39. The van der Waals surface area contributed by atoms with Gasteiger partial charge in [-0.3, -0.25) is 9.59 Å². The fourth-order valence-corrected chi connectivity index (χ4v) is 2.89. The zero-order chi connectivity index (χ0) is 20.4. The lowest BCUT2D eigenvalue weighted by atomic mass is 9.98.